The maximum absolute atomic E-state index is 12.2. The zero-order valence-corrected chi connectivity index (χ0v) is 11.8. The Morgan fingerprint density at radius 2 is 1.90 bits per heavy atom. The molecule has 2 rings (SSSR count). The molecule has 1 fully saturated rings. The summed E-state index contributed by atoms with van der Waals surface area (Å²) >= 11 is 0. The first-order valence-electron chi connectivity index (χ1n) is 7.48. The Morgan fingerprint density at radius 1 is 1.20 bits per heavy atom. The second-order valence-corrected chi connectivity index (χ2v) is 5.52. The van der Waals surface area contributed by atoms with E-state index >= 15 is 0 Å². The second-order valence-electron chi connectivity index (χ2n) is 5.52. The van der Waals surface area contributed by atoms with Crippen molar-refractivity contribution in [3.63, 3.8) is 0 Å². The average Bonchev–Trinajstić information content (AvgIpc) is 2.65. The average molecular weight is 276 g/mol. The number of amides is 1. The number of aliphatic hydroxyl groups excluding tert-OH is 1. The highest BCUT2D eigenvalue weighted by atomic mass is 16.3. The number of benzene rings is 1. The molecule has 0 bridgehead atoms. The van der Waals surface area contributed by atoms with Crippen LogP contribution < -0.4 is 11.1 Å². The summed E-state index contributed by atoms with van der Waals surface area (Å²) in [7, 11) is 0. The van der Waals surface area contributed by atoms with Crippen molar-refractivity contribution in [2.45, 2.75) is 50.7 Å². The highest BCUT2D eigenvalue weighted by molar-refractivity contribution is 5.94. The van der Waals surface area contributed by atoms with Crippen LogP contribution in [0.2, 0.25) is 0 Å². The van der Waals surface area contributed by atoms with Crippen molar-refractivity contribution in [3.05, 3.63) is 35.4 Å². The van der Waals surface area contributed by atoms with Crippen molar-refractivity contribution in [3.8, 4) is 0 Å². The van der Waals surface area contributed by atoms with Gasteiger partial charge >= 0.3 is 0 Å². The summed E-state index contributed by atoms with van der Waals surface area (Å²) < 4.78 is 0. The Hall–Kier alpha value is -1.39. The molecule has 110 valence electrons. The lowest BCUT2D eigenvalue weighted by atomic mass is 10.0. The summed E-state index contributed by atoms with van der Waals surface area (Å²) in [6, 6.07) is 7.40. The lowest BCUT2D eigenvalue weighted by molar-refractivity contribution is 0.0819. The summed E-state index contributed by atoms with van der Waals surface area (Å²) in [4.78, 5) is 12.2. The molecule has 4 N–H and O–H groups in total. The molecule has 1 aliphatic rings. The fraction of sp³-hybridized carbons (Fsp3) is 0.562. The van der Waals surface area contributed by atoms with E-state index in [1.165, 1.54) is 0 Å². The first-order valence-corrected chi connectivity index (χ1v) is 7.48. The largest absolute Gasteiger partial charge is 0.391 e. The van der Waals surface area contributed by atoms with Crippen LogP contribution in [0.15, 0.2) is 24.3 Å². The third-order valence-electron chi connectivity index (χ3n) is 3.95. The molecule has 1 aliphatic carbocycles. The Bertz CT molecular complexity index is 431. The van der Waals surface area contributed by atoms with Gasteiger partial charge in [0.2, 0.25) is 0 Å². The summed E-state index contributed by atoms with van der Waals surface area (Å²) in [5.41, 5.74) is 7.28. The molecule has 20 heavy (non-hydrogen) atoms. The smallest absolute Gasteiger partial charge is 0.251 e. The van der Waals surface area contributed by atoms with E-state index in [9.17, 15) is 9.90 Å². The number of carbonyl (C=O) groups is 1. The maximum Gasteiger partial charge on any atom is 0.251 e. The quantitative estimate of drug-likeness (QED) is 0.731. The molecular formula is C16H24N2O2. The van der Waals surface area contributed by atoms with Crippen molar-refractivity contribution >= 4 is 5.91 Å². The number of nitrogens with two attached hydrogens (primary N) is 1. The van der Waals surface area contributed by atoms with E-state index in [4.69, 9.17) is 5.73 Å². The van der Waals surface area contributed by atoms with Gasteiger partial charge in [-0.1, -0.05) is 31.4 Å². The fourth-order valence-electron chi connectivity index (χ4n) is 2.70. The van der Waals surface area contributed by atoms with E-state index in [1.54, 1.807) is 0 Å². The van der Waals surface area contributed by atoms with E-state index in [0.29, 0.717) is 12.1 Å². The molecule has 0 saturated heterocycles. The van der Waals surface area contributed by atoms with Crippen LogP contribution in [-0.2, 0) is 6.42 Å². The fourth-order valence-corrected chi connectivity index (χ4v) is 2.70. The number of carbonyl (C=O) groups excluding carboxylic acids is 1. The van der Waals surface area contributed by atoms with Crippen LogP contribution in [-0.4, -0.2) is 29.7 Å². The third kappa shape index (κ3) is 4.05. The molecule has 0 radical (unpaired) electrons. The SMILES string of the molecule is NCCc1ccc(C(=O)NC2CCCCCC2O)cc1. The Balaban J connectivity index is 1.96. The van der Waals surface area contributed by atoms with Crippen LogP contribution in [0.1, 0.15) is 48.0 Å². The van der Waals surface area contributed by atoms with Crippen LogP contribution in [0, 0.1) is 0 Å². The van der Waals surface area contributed by atoms with Gasteiger partial charge < -0.3 is 16.2 Å². The van der Waals surface area contributed by atoms with Crippen molar-refractivity contribution in [1.82, 2.24) is 5.32 Å². The molecule has 1 aromatic rings. The van der Waals surface area contributed by atoms with Gasteiger partial charge in [-0.15, -0.1) is 0 Å². The van der Waals surface area contributed by atoms with Crippen molar-refractivity contribution in [2.24, 2.45) is 5.73 Å². The zero-order valence-electron chi connectivity index (χ0n) is 11.8. The minimum absolute atomic E-state index is 0.102. The number of aliphatic hydroxyl groups is 1. The normalized spacial score (nSPS) is 23.1. The molecule has 2 unspecified atom stereocenters. The summed E-state index contributed by atoms with van der Waals surface area (Å²) in [5, 5.41) is 13.0. The van der Waals surface area contributed by atoms with Crippen molar-refractivity contribution in [1.29, 1.82) is 0 Å². The first kappa shape index (κ1) is 15.0. The Labute approximate surface area is 120 Å². The molecule has 4 nitrogen and oxygen atoms in total. The van der Waals surface area contributed by atoms with E-state index in [2.05, 4.69) is 5.32 Å². The lowest BCUT2D eigenvalue weighted by Crippen LogP contribution is -2.42. The molecule has 1 saturated carbocycles. The van der Waals surface area contributed by atoms with Gasteiger partial charge in [0.1, 0.15) is 0 Å². The predicted molar refractivity (Wildman–Crippen MR) is 79.5 cm³/mol. The minimum Gasteiger partial charge on any atom is -0.391 e. The maximum atomic E-state index is 12.2. The summed E-state index contributed by atoms with van der Waals surface area (Å²) in [5.74, 6) is -0.102. The van der Waals surface area contributed by atoms with E-state index in [-0.39, 0.29) is 11.9 Å². The van der Waals surface area contributed by atoms with Gasteiger partial charge in [-0.25, -0.2) is 0 Å². The molecule has 1 aromatic carbocycles. The Kier molecular flexibility index (Phi) is 5.56. The van der Waals surface area contributed by atoms with E-state index in [0.717, 1.165) is 44.1 Å². The van der Waals surface area contributed by atoms with Gasteiger partial charge in [-0.2, -0.15) is 0 Å². The van der Waals surface area contributed by atoms with Crippen LogP contribution in [0.3, 0.4) is 0 Å². The summed E-state index contributed by atoms with van der Waals surface area (Å²) in [6.45, 7) is 0.611. The van der Waals surface area contributed by atoms with Gasteiger partial charge in [-0.05, 0) is 43.5 Å². The molecule has 0 heterocycles. The minimum atomic E-state index is -0.419. The second kappa shape index (κ2) is 7.41. The van der Waals surface area contributed by atoms with Crippen LogP contribution in [0.4, 0.5) is 0 Å². The van der Waals surface area contributed by atoms with Gasteiger partial charge in [0.15, 0.2) is 0 Å². The highest BCUT2D eigenvalue weighted by Gasteiger charge is 2.23. The van der Waals surface area contributed by atoms with Crippen LogP contribution in [0.25, 0.3) is 0 Å². The topological polar surface area (TPSA) is 75.4 Å². The molecule has 0 spiro atoms. The highest BCUT2D eigenvalue weighted by Crippen LogP contribution is 2.18. The standard InChI is InChI=1S/C16H24N2O2/c17-11-10-12-6-8-13(9-7-12)16(20)18-14-4-2-1-3-5-15(14)19/h6-9,14-15,19H,1-5,10-11,17H2,(H,18,20). The molecule has 1 amide bonds. The first-order chi connectivity index (χ1) is 9.70. The summed E-state index contributed by atoms with van der Waals surface area (Å²) in [6.07, 6.45) is 5.29. The number of hydrogen-bond acceptors (Lipinski definition) is 3. The molecular weight excluding hydrogens is 252 g/mol. The van der Waals surface area contributed by atoms with Gasteiger partial charge in [0.25, 0.3) is 5.91 Å². The monoisotopic (exact) mass is 276 g/mol. The number of nitrogens with one attached hydrogen (secondary N) is 1. The van der Waals surface area contributed by atoms with E-state index in [1.807, 2.05) is 24.3 Å². The van der Waals surface area contributed by atoms with Crippen molar-refractivity contribution in [2.75, 3.05) is 6.54 Å². The van der Waals surface area contributed by atoms with Gasteiger partial charge in [0.05, 0.1) is 12.1 Å². The molecule has 0 aromatic heterocycles. The molecule has 4 heteroatoms. The Morgan fingerprint density at radius 3 is 2.60 bits per heavy atom. The molecule has 0 aliphatic heterocycles. The molecule has 2 atom stereocenters. The van der Waals surface area contributed by atoms with Crippen molar-refractivity contribution < 1.29 is 9.90 Å². The zero-order chi connectivity index (χ0) is 14.4. The van der Waals surface area contributed by atoms with Gasteiger partial charge in [-0.3, -0.25) is 4.79 Å². The third-order valence-corrected chi connectivity index (χ3v) is 3.95. The van der Waals surface area contributed by atoms with E-state index < -0.39 is 6.10 Å². The number of hydrogen-bond donors (Lipinski definition) is 3. The lowest BCUT2D eigenvalue weighted by Gasteiger charge is -2.21. The predicted octanol–water partition coefficient (Wildman–Crippen LogP) is 1.61. The van der Waals surface area contributed by atoms with Crippen LogP contribution in [0.5, 0.6) is 0 Å². The number of rotatable bonds is 4. The van der Waals surface area contributed by atoms with Crippen LogP contribution >= 0.6 is 0 Å². The van der Waals surface area contributed by atoms with Gasteiger partial charge in [0, 0.05) is 5.56 Å².